The highest BCUT2D eigenvalue weighted by Crippen LogP contribution is 2.13. The number of imide groups is 1. The van der Waals surface area contributed by atoms with Gasteiger partial charge in [0.1, 0.15) is 0 Å². The van der Waals surface area contributed by atoms with Gasteiger partial charge in [-0.3, -0.25) is 14.9 Å². The Hall–Kier alpha value is -3.62. The highest BCUT2D eigenvalue weighted by atomic mass is 16.5. The van der Waals surface area contributed by atoms with Gasteiger partial charge in [0.05, 0.1) is 11.8 Å². The maximum absolute atomic E-state index is 11.9. The number of nitrogens with two attached hydrogens (primary N) is 1. The van der Waals surface area contributed by atoms with Crippen LogP contribution in [-0.2, 0) is 9.53 Å². The number of carbonyl (C=O) groups is 4. The first-order chi connectivity index (χ1) is 11.9. The summed E-state index contributed by atoms with van der Waals surface area (Å²) in [6.45, 7) is 1.30. The van der Waals surface area contributed by atoms with E-state index in [-0.39, 0.29) is 11.3 Å². The maximum Gasteiger partial charge on any atom is 0.338 e. The molecule has 0 bridgehead atoms. The van der Waals surface area contributed by atoms with Crippen molar-refractivity contribution in [1.29, 1.82) is 0 Å². The second kappa shape index (κ2) is 7.77. The predicted octanol–water partition coefficient (Wildman–Crippen LogP) is 1.27. The molecule has 0 saturated carbocycles. The Morgan fingerprint density at radius 2 is 1.80 bits per heavy atom. The van der Waals surface area contributed by atoms with Crippen molar-refractivity contribution >= 4 is 29.5 Å². The zero-order chi connectivity index (χ0) is 18.4. The molecule has 0 fully saturated rings. The minimum Gasteiger partial charge on any atom is -0.459 e. The molecule has 1 heterocycles. The third kappa shape index (κ3) is 4.93. The molecular formula is C16H15N3O6. The summed E-state index contributed by atoms with van der Waals surface area (Å²) in [6, 6.07) is 7.88. The highest BCUT2D eigenvalue weighted by Gasteiger charge is 2.20. The van der Waals surface area contributed by atoms with Gasteiger partial charge in [0.15, 0.2) is 11.9 Å². The number of hydrogen-bond acceptors (Lipinski definition) is 6. The average Bonchev–Trinajstić information content (AvgIpc) is 3.09. The molecule has 9 heteroatoms. The van der Waals surface area contributed by atoms with Crippen LogP contribution in [0.1, 0.15) is 27.8 Å². The van der Waals surface area contributed by atoms with E-state index in [4.69, 9.17) is 14.9 Å². The van der Waals surface area contributed by atoms with E-state index in [9.17, 15) is 19.2 Å². The van der Waals surface area contributed by atoms with E-state index in [2.05, 4.69) is 5.32 Å². The van der Waals surface area contributed by atoms with Crippen LogP contribution in [0, 0.1) is 0 Å². The molecule has 1 aromatic carbocycles. The Morgan fingerprint density at radius 1 is 1.12 bits per heavy atom. The van der Waals surface area contributed by atoms with Gasteiger partial charge in [-0.25, -0.2) is 9.59 Å². The molecule has 9 nitrogen and oxygen atoms in total. The van der Waals surface area contributed by atoms with Gasteiger partial charge in [-0.05, 0) is 43.3 Å². The molecule has 4 amide bonds. The SMILES string of the molecule is C[C@@H](OC(=O)c1ccc(NC(=O)c2ccco2)cc1)C(=O)NC(N)=O. The summed E-state index contributed by atoms with van der Waals surface area (Å²) in [5.41, 5.74) is 5.42. The summed E-state index contributed by atoms with van der Waals surface area (Å²) in [5.74, 6) is -1.88. The second-order valence-electron chi connectivity index (χ2n) is 4.91. The van der Waals surface area contributed by atoms with Gasteiger partial charge in [0, 0.05) is 5.69 Å². The van der Waals surface area contributed by atoms with Crippen molar-refractivity contribution in [3.63, 3.8) is 0 Å². The fourth-order valence-electron chi connectivity index (χ4n) is 1.80. The normalized spacial score (nSPS) is 11.2. The maximum atomic E-state index is 11.9. The highest BCUT2D eigenvalue weighted by molar-refractivity contribution is 6.02. The van der Waals surface area contributed by atoms with Crippen molar-refractivity contribution in [2.24, 2.45) is 5.73 Å². The number of amides is 4. The molecule has 0 unspecified atom stereocenters. The van der Waals surface area contributed by atoms with Gasteiger partial charge >= 0.3 is 12.0 Å². The summed E-state index contributed by atoms with van der Waals surface area (Å²) in [5, 5.41) is 4.40. The third-order valence-corrected chi connectivity index (χ3v) is 3.02. The van der Waals surface area contributed by atoms with Crippen molar-refractivity contribution in [3.8, 4) is 0 Å². The largest absolute Gasteiger partial charge is 0.459 e. The monoisotopic (exact) mass is 345 g/mol. The summed E-state index contributed by atoms with van der Waals surface area (Å²) in [6.07, 6.45) is 0.183. The Kier molecular flexibility index (Phi) is 5.51. The van der Waals surface area contributed by atoms with Crippen molar-refractivity contribution in [1.82, 2.24) is 5.32 Å². The molecule has 1 atom stereocenters. The van der Waals surface area contributed by atoms with E-state index >= 15 is 0 Å². The van der Waals surface area contributed by atoms with Crippen molar-refractivity contribution in [3.05, 3.63) is 54.0 Å². The summed E-state index contributed by atoms with van der Waals surface area (Å²) in [4.78, 5) is 45.8. The molecule has 2 aromatic rings. The van der Waals surface area contributed by atoms with E-state index in [0.717, 1.165) is 0 Å². The molecular weight excluding hydrogens is 330 g/mol. The number of primary amides is 1. The Bertz CT molecular complexity index is 783. The molecule has 0 aliphatic heterocycles. The van der Waals surface area contributed by atoms with Gasteiger partial charge in [-0.1, -0.05) is 0 Å². The van der Waals surface area contributed by atoms with Crippen molar-refractivity contribution in [2.45, 2.75) is 13.0 Å². The van der Waals surface area contributed by atoms with Crippen LogP contribution in [0.4, 0.5) is 10.5 Å². The van der Waals surface area contributed by atoms with Crippen LogP contribution in [-0.4, -0.2) is 29.9 Å². The zero-order valence-electron chi connectivity index (χ0n) is 13.1. The van der Waals surface area contributed by atoms with Crippen LogP contribution in [0.2, 0.25) is 0 Å². The lowest BCUT2D eigenvalue weighted by atomic mass is 10.2. The molecule has 1 aromatic heterocycles. The van der Waals surface area contributed by atoms with Crippen molar-refractivity contribution < 1.29 is 28.3 Å². The quantitative estimate of drug-likeness (QED) is 0.697. The third-order valence-electron chi connectivity index (χ3n) is 3.02. The number of carbonyl (C=O) groups excluding carboxylic acids is 4. The fraction of sp³-hybridized carbons (Fsp3) is 0.125. The lowest BCUT2D eigenvalue weighted by Crippen LogP contribution is -2.42. The number of benzene rings is 1. The molecule has 130 valence electrons. The number of furan rings is 1. The van der Waals surface area contributed by atoms with Gasteiger partial charge in [0.2, 0.25) is 0 Å². The number of nitrogens with one attached hydrogen (secondary N) is 2. The van der Waals surface area contributed by atoms with Gasteiger partial charge in [-0.15, -0.1) is 0 Å². The molecule has 2 rings (SSSR count). The van der Waals surface area contributed by atoms with Crippen LogP contribution in [0.3, 0.4) is 0 Å². The molecule has 0 aliphatic carbocycles. The number of hydrogen-bond donors (Lipinski definition) is 3. The number of anilines is 1. The fourth-order valence-corrected chi connectivity index (χ4v) is 1.80. The summed E-state index contributed by atoms with van der Waals surface area (Å²) < 4.78 is 9.88. The van der Waals surface area contributed by atoms with E-state index in [1.807, 2.05) is 5.32 Å². The Labute approximate surface area is 142 Å². The van der Waals surface area contributed by atoms with Gasteiger partial charge < -0.3 is 20.2 Å². The van der Waals surface area contributed by atoms with Crippen LogP contribution in [0.15, 0.2) is 47.1 Å². The summed E-state index contributed by atoms with van der Waals surface area (Å²) >= 11 is 0. The van der Waals surface area contributed by atoms with Crippen LogP contribution in [0.25, 0.3) is 0 Å². The smallest absolute Gasteiger partial charge is 0.338 e. The molecule has 0 aliphatic rings. The van der Waals surface area contributed by atoms with Gasteiger partial charge in [-0.2, -0.15) is 0 Å². The molecule has 0 radical (unpaired) electrons. The summed E-state index contributed by atoms with van der Waals surface area (Å²) in [7, 11) is 0. The predicted molar refractivity (Wildman–Crippen MR) is 85.7 cm³/mol. The zero-order valence-corrected chi connectivity index (χ0v) is 13.1. The Balaban J connectivity index is 1.94. The Morgan fingerprint density at radius 3 is 2.36 bits per heavy atom. The van der Waals surface area contributed by atoms with Crippen LogP contribution < -0.4 is 16.4 Å². The van der Waals surface area contributed by atoms with Crippen LogP contribution >= 0.6 is 0 Å². The van der Waals surface area contributed by atoms with E-state index in [0.29, 0.717) is 5.69 Å². The molecule has 25 heavy (non-hydrogen) atoms. The lowest BCUT2D eigenvalue weighted by molar-refractivity contribution is -0.127. The first-order valence-electron chi connectivity index (χ1n) is 7.13. The first-order valence-corrected chi connectivity index (χ1v) is 7.13. The van der Waals surface area contributed by atoms with Gasteiger partial charge in [0.25, 0.3) is 11.8 Å². The topological polar surface area (TPSA) is 141 Å². The number of urea groups is 1. The standard InChI is InChI=1S/C16H15N3O6/c1-9(13(20)19-16(17)23)25-15(22)10-4-6-11(7-5-10)18-14(21)12-3-2-8-24-12/h2-9H,1H3,(H,18,21)(H3,17,19,20,23)/t9-/m1/s1. The minimum absolute atomic E-state index is 0.151. The first kappa shape index (κ1) is 17.7. The van der Waals surface area contributed by atoms with E-state index in [1.165, 1.54) is 43.5 Å². The number of rotatable bonds is 5. The van der Waals surface area contributed by atoms with Crippen molar-refractivity contribution in [2.75, 3.05) is 5.32 Å². The average molecular weight is 345 g/mol. The van der Waals surface area contributed by atoms with Crippen LogP contribution in [0.5, 0.6) is 0 Å². The lowest BCUT2D eigenvalue weighted by Gasteiger charge is -2.12. The second-order valence-corrected chi connectivity index (χ2v) is 4.91. The van der Waals surface area contributed by atoms with E-state index < -0.39 is 29.9 Å². The molecule has 4 N–H and O–H groups in total. The molecule has 0 spiro atoms. The number of esters is 1. The minimum atomic E-state index is -1.20. The molecule has 0 saturated heterocycles. The van der Waals surface area contributed by atoms with E-state index in [1.54, 1.807) is 6.07 Å². The number of ether oxygens (including phenoxy) is 1.